The van der Waals surface area contributed by atoms with Gasteiger partial charge in [-0.15, -0.1) is 5.10 Å². The van der Waals surface area contributed by atoms with Crippen LogP contribution in [-0.2, 0) is 10.0 Å². The second kappa shape index (κ2) is 11.0. The maximum absolute atomic E-state index is 13.3. The van der Waals surface area contributed by atoms with Crippen LogP contribution in [0.4, 0.5) is 5.82 Å². The van der Waals surface area contributed by atoms with Crippen LogP contribution < -0.4 is 14.4 Å². The molecule has 0 radical (unpaired) electrons. The van der Waals surface area contributed by atoms with E-state index in [0.717, 1.165) is 6.42 Å². The highest BCUT2D eigenvalue weighted by Gasteiger charge is 2.39. The van der Waals surface area contributed by atoms with Gasteiger partial charge >= 0.3 is 0 Å². The van der Waals surface area contributed by atoms with Crippen LogP contribution in [0, 0.1) is 11.3 Å². The van der Waals surface area contributed by atoms with Crippen molar-refractivity contribution in [3.63, 3.8) is 0 Å². The largest absolute Gasteiger partial charge is 0.476 e. The maximum Gasteiger partial charge on any atom is 0.268 e. The van der Waals surface area contributed by atoms with Crippen LogP contribution in [0.5, 0.6) is 5.88 Å². The Balaban J connectivity index is 0.00000400. The molecule has 1 fully saturated rings. The normalized spacial score (nSPS) is 17.1. The Labute approximate surface area is 232 Å². The first-order valence-corrected chi connectivity index (χ1v) is 13.8. The van der Waals surface area contributed by atoms with E-state index in [4.69, 9.17) is 9.72 Å². The van der Waals surface area contributed by atoms with E-state index >= 15 is 0 Å². The molecule has 3 heterocycles. The van der Waals surface area contributed by atoms with E-state index in [1.54, 1.807) is 47.3 Å². The van der Waals surface area contributed by atoms with E-state index in [1.165, 1.54) is 12.1 Å². The number of carbonyl (C=O) groups is 1. The monoisotopic (exact) mass is 559 g/mol. The van der Waals surface area contributed by atoms with Gasteiger partial charge in [0, 0.05) is 24.3 Å². The first-order valence-electron chi connectivity index (χ1n) is 12.3. The Morgan fingerprint density at radius 3 is 2.42 bits per heavy atom. The molecule has 1 aliphatic rings. The summed E-state index contributed by atoms with van der Waals surface area (Å²) in [6, 6.07) is 12.8. The third-order valence-corrected chi connectivity index (χ3v) is 7.51. The van der Waals surface area contributed by atoms with Crippen molar-refractivity contribution >= 4 is 35.2 Å². The van der Waals surface area contributed by atoms with E-state index < -0.39 is 15.9 Å². The lowest BCUT2D eigenvalue weighted by Crippen LogP contribution is -2.41. The molecular formula is C27H37N5O4S2. The van der Waals surface area contributed by atoms with Gasteiger partial charge in [-0.2, -0.15) is 13.5 Å². The van der Waals surface area contributed by atoms with E-state index in [-0.39, 0.29) is 34.9 Å². The van der Waals surface area contributed by atoms with Crippen molar-refractivity contribution < 1.29 is 17.9 Å². The third-order valence-electron chi connectivity index (χ3n) is 6.17. The average Bonchev–Trinajstić information content (AvgIpc) is 3.40. The zero-order valence-electron chi connectivity index (χ0n) is 22.7. The third kappa shape index (κ3) is 6.68. The van der Waals surface area contributed by atoms with Gasteiger partial charge in [-0.05, 0) is 55.9 Å². The van der Waals surface area contributed by atoms with Gasteiger partial charge in [-0.3, -0.25) is 4.79 Å². The Kier molecular flexibility index (Phi) is 8.52. The van der Waals surface area contributed by atoms with Crippen LogP contribution in [0.15, 0.2) is 59.6 Å². The summed E-state index contributed by atoms with van der Waals surface area (Å²) in [5.74, 6) is 1.04. The number of nitrogens with one attached hydrogen (secondary N) is 1. The van der Waals surface area contributed by atoms with E-state index in [9.17, 15) is 13.2 Å². The number of sulfonamides is 1. The van der Waals surface area contributed by atoms with Crippen molar-refractivity contribution in [1.29, 1.82) is 0 Å². The summed E-state index contributed by atoms with van der Waals surface area (Å²) in [5, 5.41) is 4.49. The number of ether oxygens (including phenoxy) is 1. The fraction of sp³-hybridized carbons (Fsp3) is 0.444. The number of nitrogens with zero attached hydrogens (tertiary/aromatic N) is 4. The molecule has 4 rings (SSSR count). The molecule has 1 aromatic carbocycles. The summed E-state index contributed by atoms with van der Waals surface area (Å²) in [5.41, 5.74) is -0.104. The minimum Gasteiger partial charge on any atom is -0.476 e. The highest BCUT2D eigenvalue weighted by molar-refractivity contribution is 7.90. The number of benzene rings is 1. The summed E-state index contributed by atoms with van der Waals surface area (Å²) in [6.07, 6.45) is 2.66. The first-order chi connectivity index (χ1) is 17.2. The number of anilines is 1. The smallest absolute Gasteiger partial charge is 0.268 e. The number of hydrogen-bond acceptors (Lipinski definition) is 7. The second-order valence-electron chi connectivity index (χ2n) is 11.5. The molecule has 9 nitrogen and oxygen atoms in total. The van der Waals surface area contributed by atoms with E-state index in [1.807, 2.05) is 0 Å². The summed E-state index contributed by atoms with van der Waals surface area (Å²) >= 11 is 0. The topological polar surface area (TPSA) is 106 Å². The van der Waals surface area contributed by atoms with Crippen molar-refractivity contribution in [2.75, 3.05) is 18.1 Å². The lowest BCUT2D eigenvalue weighted by Gasteiger charge is -2.34. The molecule has 1 aliphatic heterocycles. The Bertz CT molecular complexity index is 1380. The van der Waals surface area contributed by atoms with Gasteiger partial charge in [-0.1, -0.05) is 45.9 Å². The van der Waals surface area contributed by atoms with Gasteiger partial charge in [0.25, 0.3) is 15.9 Å². The molecule has 0 saturated carbocycles. The minimum absolute atomic E-state index is 0. The predicted octanol–water partition coefficient (Wildman–Crippen LogP) is 4.55. The zero-order chi connectivity index (χ0) is 27.0. The van der Waals surface area contributed by atoms with Gasteiger partial charge in [0.05, 0.1) is 17.1 Å². The Hall–Kier alpha value is -3.05. The molecule has 3 aromatic rings. The summed E-state index contributed by atoms with van der Waals surface area (Å²) in [7, 11) is -4.04. The fourth-order valence-corrected chi connectivity index (χ4v) is 5.53. The molecule has 1 N–H and O–H groups in total. The van der Waals surface area contributed by atoms with Crippen LogP contribution in [-0.4, -0.2) is 47.8 Å². The number of pyridine rings is 1. The van der Waals surface area contributed by atoms with Gasteiger partial charge in [-0.25, -0.2) is 22.8 Å². The van der Waals surface area contributed by atoms with Crippen LogP contribution in [0.3, 0.4) is 0 Å². The highest BCUT2D eigenvalue weighted by atomic mass is 32.2. The quantitative estimate of drug-likeness (QED) is 0.453. The van der Waals surface area contributed by atoms with Crippen molar-refractivity contribution in [3.8, 4) is 11.7 Å². The van der Waals surface area contributed by atoms with E-state index in [2.05, 4.69) is 56.3 Å². The van der Waals surface area contributed by atoms with E-state index in [0.29, 0.717) is 36.6 Å². The van der Waals surface area contributed by atoms with Crippen molar-refractivity contribution in [2.24, 2.45) is 11.3 Å². The SMILES string of the molecule is C[C@@H]1CN(c2nc(-n3ccc(OCC(C)(C)C)n3)ccc2C(=O)NS(=O)(=O)c2ccccc2)C(C)(C)C1.S. The van der Waals surface area contributed by atoms with Crippen LogP contribution in [0.1, 0.15) is 58.3 Å². The summed E-state index contributed by atoms with van der Waals surface area (Å²) < 4.78 is 35.3. The fourth-order valence-electron chi connectivity index (χ4n) is 4.55. The second-order valence-corrected chi connectivity index (χ2v) is 13.2. The number of carbonyl (C=O) groups excluding carboxylic acids is 1. The number of amides is 1. The van der Waals surface area contributed by atoms with Gasteiger partial charge < -0.3 is 9.64 Å². The van der Waals surface area contributed by atoms with Gasteiger partial charge in [0.1, 0.15) is 5.82 Å². The first kappa shape index (κ1) is 29.5. The Morgan fingerprint density at radius 1 is 1.13 bits per heavy atom. The zero-order valence-corrected chi connectivity index (χ0v) is 24.5. The van der Waals surface area contributed by atoms with Gasteiger partial charge in [0.15, 0.2) is 5.82 Å². The predicted molar refractivity (Wildman–Crippen MR) is 153 cm³/mol. The Morgan fingerprint density at radius 2 is 1.82 bits per heavy atom. The molecule has 11 heteroatoms. The molecule has 0 unspecified atom stereocenters. The number of rotatable bonds is 7. The standard InChI is InChI=1S/C27H35N5O4S.H2S/c1-19-16-27(5,6)31(17-19)24-21(25(33)30-37(34,35)20-10-8-7-9-11-20)12-13-22(28-24)32-15-14-23(29-32)36-18-26(2,3)4;/h7-15,19H,16-18H2,1-6H3,(H,30,33);1H2/t19-;/m0./s1. The van der Waals surface area contributed by atoms with Crippen LogP contribution >= 0.6 is 13.5 Å². The summed E-state index contributed by atoms with van der Waals surface area (Å²) in [6.45, 7) is 13.8. The van der Waals surface area contributed by atoms with Crippen molar-refractivity contribution in [3.05, 3.63) is 60.3 Å². The lowest BCUT2D eigenvalue weighted by atomic mass is 9.97. The average molecular weight is 560 g/mol. The molecule has 2 aromatic heterocycles. The number of aromatic nitrogens is 3. The van der Waals surface area contributed by atoms with Crippen LogP contribution in [0.2, 0.25) is 0 Å². The number of hydrogen-bond donors (Lipinski definition) is 1. The molecule has 0 aliphatic carbocycles. The van der Waals surface area contributed by atoms with Crippen LogP contribution in [0.25, 0.3) is 5.82 Å². The molecule has 0 spiro atoms. The maximum atomic E-state index is 13.3. The lowest BCUT2D eigenvalue weighted by molar-refractivity contribution is 0.0981. The highest BCUT2D eigenvalue weighted by Crippen LogP contribution is 2.37. The molecule has 0 bridgehead atoms. The molecule has 38 heavy (non-hydrogen) atoms. The molecule has 1 amide bonds. The molecular weight excluding hydrogens is 522 g/mol. The molecule has 1 saturated heterocycles. The van der Waals surface area contributed by atoms with Crippen molar-refractivity contribution in [2.45, 2.75) is 58.4 Å². The summed E-state index contributed by atoms with van der Waals surface area (Å²) in [4.78, 5) is 20.2. The molecule has 206 valence electrons. The van der Waals surface area contributed by atoms with Gasteiger partial charge in [0.2, 0.25) is 5.88 Å². The molecule has 1 atom stereocenters. The van der Waals surface area contributed by atoms with Crippen molar-refractivity contribution in [1.82, 2.24) is 19.5 Å². The minimum atomic E-state index is -4.04.